The zero-order valence-corrected chi connectivity index (χ0v) is 7.57. The third-order valence-electron chi connectivity index (χ3n) is 2.52. The van der Waals surface area contributed by atoms with Crippen LogP contribution in [0.3, 0.4) is 0 Å². The Balaban J connectivity index is 2.20. The molecule has 3 atom stereocenters. The van der Waals surface area contributed by atoms with Crippen molar-refractivity contribution < 1.29 is 0 Å². The highest BCUT2D eigenvalue weighted by atomic mass is 15.3. The molecule has 3 unspecified atom stereocenters. The number of allylic oxidation sites excluding steroid dienone is 2. The van der Waals surface area contributed by atoms with Gasteiger partial charge in [0, 0.05) is 18.1 Å². The van der Waals surface area contributed by atoms with Crippen LogP contribution in [0.4, 0.5) is 0 Å². The molecule has 0 fully saturated rings. The number of nitrogens with zero attached hydrogens (tertiary/aromatic N) is 1. The van der Waals surface area contributed by atoms with Crippen molar-refractivity contribution in [3.63, 3.8) is 0 Å². The second-order valence-electron chi connectivity index (χ2n) is 3.42. The van der Waals surface area contributed by atoms with Crippen molar-refractivity contribution in [2.75, 3.05) is 0 Å². The molecule has 1 N–H and O–H groups in total. The molecule has 1 aliphatic carbocycles. The van der Waals surface area contributed by atoms with E-state index in [1.165, 1.54) is 5.57 Å². The van der Waals surface area contributed by atoms with Gasteiger partial charge in [0.05, 0.1) is 6.04 Å². The molecule has 13 heavy (non-hydrogen) atoms. The van der Waals surface area contributed by atoms with Gasteiger partial charge in [-0.1, -0.05) is 24.1 Å². The first kappa shape index (κ1) is 8.12. The Labute approximate surface area is 78.4 Å². The normalized spacial score (nSPS) is 31.5. The van der Waals surface area contributed by atoms with E-state index in [1.807, 2.05) is 13.1 Å². The van der Waals surface area contributed by atoms with E-state index in [2.05, 4.69) is 34.7 Å². The molecule has 0 radical (unpaired) electrons. The summed E-state index contributed by atoms with van der Waals surface area (Å²) in [5.41, 5.74) is 4.24. The maximum Gasteiger partial charge on any atom is 0.0736 e. The zero-order valence-electron chi connectivity index (χ0n) is 7.57. The quantitative estimate of drug-likeness (QED) is 0.593. The molecule has 0 aromatic carbocycles. The van der Waals surface area contributed by atoms with E-state index in [0.717, 1.165) is 0 Å². The minimum Gasteiger partial charge on any atom is -0.302 e. The molecule has 0 saturated heterocycles. The molecule has 0 aromatic rings. The Morgan fingerprint density at radius 3 is 3.31 bits per heavy atom. The predicted molar refractivity (Wildman–Crippen MR) is 54.1 cm³/mol. The summed E-state index contributed by atoms with van der Waals surface area (Å²) in [6.07, 6.45) is 13.7. The first-order chi connectivity index (χ1) is 6.31. The molecule has 1 heterocycles. The molecular formula is C11H12N2. The van der Waals surface area contributed by atoms with E-state index in [4.69, 9.17) is 6.42 Å². The zero-order chi connectivity index (χ0) is 9.26. The van der Waals surface area contributed by atoms with Crippen LogP contribution in [-0.2, 0) is 0 Å². The first-order valence-electron chi connectivity index (χ1n) is 4.46. The van der Waals surface area contributed by atoms with Crippen molar-refractivity contribution in [3.8, 4) is 12.3 Å². The summed E-state index contributed by atoms with van der Waals surface area (Å²) in [7, 11) is 0. The van der Waals surface area contributed by atoms with E-state index in [-0.39, 0.29) is 5.92 Å². The largest absolute Gasteiger partial charge is 0.302 e. The molecule has 0 aromatic heterocycles. The smallest absolute Gasteiger partial charge is 0.0736 e. The van der Waals surface area contributed by atoms with Gasteiger partial charge in [0.2, 0.25) is 0 Å². The molecule has 66 valence electrons. The lowest BCUT2D eigenvalue weighted by molar-refractivity contribution is 0.614. The van der Waals surface area contributed by atoms with E-state index in [9.17, 15) is 0 Å². The van der Waals surface area contributed by atoms with Gasteiger partial charge >= 0.3 is 0 Å². The van der Waals surface area contributed by atoms with Crippen LogP contribution < -0.4 is 5.43 Å². The van der Waals surface area contributed by atoms with Crippen LogP contribution in [0.15, 0.2) is 28.9 Å². The Morgan fingerprint density at radius 2 is 2.54 bits per heavy atom. The van der Waals surface area contributed by atoms with Crippen LogP contribution in [0.1, 0.15) is 6.92 Å². The molecule has 2 nitrogen and oxygen atoms in total. The summed E-state index contributed by atoms with van der Waals surface area (Å²) in [5, 5.41) is 4.02. The van der Waals surface area contributed by atoms with Crippen molar-refractivity contribution in [2.24, 2.45) is 16.9 Å². The van der Waals surface area contributed by atoms with Crippen LogP contribution in [-0.4, -0.2) is 12.3 Å². The van der Waals surface area contributed by atoms with Gasteiger partial charge in [-0.3, -0.25) is 0 Å². The third kappa shape index (κ3) is 1.38. The lowest BCUT2D eigenvalue weighted by Crippen LogP contribution is -2.26. The average Bonchev–Trinajstić information content (AvgIpc) is 2.63. The fourth-order valence-corrected chi connectivity index (χ4v) is 1.59. The van der Waals surface area contributed by atoms with Gasteiger partial charge in [-0.15, -0.1) is 6.42 Å². The Kier molecular flexibility index (Phi) is 1.94. The number of fused-ring (bicyclic) bond motifs is 1. The summed E-state index contributed by atoms with van der Waals surface area (Å²) in [4.78, 5) is 0. The van der Waals surface area contributed by atoms with Crippen molar-refractivity contribution in [3.05, 3.63) is 23.8 Å². The van der Waals surface area contributed by atoms with Gasteiger partial charge in [-0.25, -0.2) is 0 Å². The van der Waals surface area contributed by atoms with Crippen molar-refractivity contribution in [1.29, 1.82) is 0 Å². The number of rotatable bonds is 1. The van der Waals surface area contributed by atoms with Crippen molar-refractivity contribution in [1.82, 2.24) is 5.43 Å². The Hall–Kier alpha value is -1.49. The molecule has 2 aliphatic rings. The van der Waals surface area contributed by atoms with E-state index in [0.29, 0.717) is 12.0 Å². The van der Waals surface area contributed by atoms with Crippen LogP contribution in [0.5, 0.6) is 0 Å². The second-order valence-corrected chi connectivity index (χ2v) is 3.42. The van der Waals surface area contributed by atoms with Crippen molar-refractivity contribution in [2.45, 2.75) is 13.0 Å². The molecule has 1 aliphatic heterocycles. The van der Waals surface area contributed by atoms with Gasteiger partial charge in [0.25, 0.3) is 0 Å². The third-order valence-corrected chi connectivity index (χ3v) is 2.52. The highest BCUT2D eigenvalue weighted by molar-refractivity contribution is 5.68. The van der Waals surface area contributed by atoms with Gasteiger partial charge < -0.3 is 5.43 Å². The minimum absolute atomic E-state index is 0.200. The van der Waals surface area contributed by atoms with Crippen molar-refractivity contribution >= 4 is 6.21 Å². The van der Waals surface area contributed by atoms with E-state index in [1.54, 1.807) is 0 Å². The molecule has 2 rings (SSSR count). The molecule has 0 bridgehead atoms. The fourth-order valence-electron chi connectivity index (χ4n) is 1.59. The molecule has 2 heteroatoms. The lowest BCUT2D eigenvalue weighted by Gasteiger charge is -2.18. The highest BCUT2D eigenvalue weighted by Crippen LogP contribution is 2.23. The topological polar surface area (TPSA) is 24.4 Å². The fraction of sp³-hybridized carbons (Fsp3) is 0.364. The molecular weight excluding hydrogens is 160 g/mol. The first-order valence-corrected chi connectivity index (χ1v) is 4.46. The van der Waals surface area contributed by atoms with Gasteiger partial charge in [-0.2, -0.15) is 5.10 Å². The summed E-state index contributed by atoms with van der Waals surface area (Å²) >= 11 is 0. The van der Waals surface area contributed by atoms with Crippen LogP contribution >= 0.6 is 0 Å². The molecule has 0 saturated carbocycles. The summed E-state index contributed by atoms with van der Waals surface area (Å²) < 4.78 is 0. The van der Waals surface area contributed by atoms with Gasteiger partial charge in [0.1, 0.15) is 0 Å². The standard InChI is InChI=1S/C11H12N2/c1-3-8(2)9-4-5-11-10(6-9)7-12-13-11/h1,4-8,10-11,13H,2H3. The average molecular weight is 172 g/mol. The monoisotopic (exact) mass is 172 g/mol. The van der Waals surface area contributed by atoms with Gasteiger partial charge in [-0.05, 0) is 12.5 Å². The SMILES string of the molecule is C#CC(C)C1=CC2C=NNC2C=C1. The lowest BCUT2D eigenvalue weighted by atomic mass is 9.88. The summed E-state index contributed by atoms with van der Waals surface area (Å²) in [6.45, 7) is 2.04. The number of hydrogen-bond acceptors (Lipinski definition) is 2. The Morgan fingerprint density at radius 1 is 1.69 bits per heavy atom. The maximum absolute atomic E-state index is 5.37. The second kappa shape index (κ2) is 3.10. The number of hydrazone groups is 1. The minimum atomic E-state index is 0.200. The maximum atomic E-state index is 5.37. The number of nitrogens with one attached hydrogen (secondary N) is 1. The van der Waals surface area contributed by atoms with Gasteiger partial charge in [0.15, 0.2) is 0 Å². The predicted octanol–water partition coefficient (Wildman–Crippen LogP) is 1.33. The van der Waals surface area contributed by atoms with E-state index < -0.39 is 0 Å². The number of terminal acetylenes is 1. The van der Waals surface area contributed by atoms with Crippen LogP contribution in [0, 0.1) is 24.2 Å². The summed E-state index contributed by atoms with van der Waals surface area (Å²) in [6, 6.07) is 0.341. The molecule has 0 spiro atoms. The summed E-state index contributed by atoms with van der Waals surface area (Å²) in [5.74, 6) is 3.32. The van der Waals surface area contributed by atoms with Crippen LogP contribution in [0.25, 0.3) is 0 Å². The van der Waals surface area contributed by atoms with E-state index >= 15 is 0 Å². The van der Waals surface area contributed by atoms with Crippen LogP contribution in [0.2, 0.25) is 0 Å². The number of hydrogen-bond donors (Lipinski definition) is 1. The Bertz CT molecular complexity index is 330. The highest BCUT2D eigenvalue weighted by Gasteiger charge is 2.23. The molecule has 0 amide bonds.